The topological polar surface area (TPSA) is 0 Å². The van der Waals surface area contributed by atoms with Crippen molar-refractivity contribution < 1.29 is 0 Å². The van der Waals surface area contributed by atoms with Gasteiger partial charge >= 0.3 is 0 Å². The molecule has 2 radical (unpaired) electrons. The Balaban J connectivity index is 2.89. The minimum Gasteiger partial charge on any atom is -0.0966 e. The van der Waals surface area contributed by atoms with Crippen molar-refractivity contribution >= 4 is 26.5 Å². The lowest BCUT2D eigenvalue weighted by molar-refractivity contribution is 1.84. The quantitative estimate of drug-likeness (QED) is 0.409. The van der Waals surface area contributed by atoms with E-state index in [1.807, 2.05) is 12.1 Å². The van der Waals surface area contributed by atoms with Crippen LogP contribution in [0, 0.1) is 0 Å². The molecule has 0 nitrogen and oxygen atoms in total. The summed E-state index contributed by atoms with van der Waals surface area (Å²) in [5.74, 6) is 0. The summed E-state index contributed by atoms with van der Waals surface area (Å²) in [7, 11) is 5.57. The van der Waals surface area contributed by atoms with Crippen LogP contribution >= 0.6 is 7.92 Å². The summed E-state index contributed by atoms with van der Waals surface area (Å²) in [6.45, 7) is 4.47. The van der Waals surface area contributed by atoms with E-state index in [0.717, 1.165) is 5.46 Å². The molecule has 50 valence electrons. The third-order valence-electron chi connectivity index (χ3n) is 1.41. The van der Waals surface area contributed by atoms with Crippen LogP contribution in [-0.2, 0) is 0 Å². The summed E-state index contributed by atoms with van der Waals surface area (Å²) in [6, 6.07) is 8.11. The predicted molar refractivity (Wildman–Crippen MR) is 50.2 cm³/mol. The highest BCUT2D eigenvalue weighted by Gasteiger charge is 1.94. The summed E-state index contributed by atoms with van der Waals surface area (Å²) in [6.07, 6.45) is 0. The van der Waals surface area contributed by atoms with Crippen molar-refractivity contribution in [1.82, 2.24) is 0 Å². The lowest BCUT2D eigenvalue weighted by Gasteiger charge is -2.04. The Hall–Kier alpha value is -0.285. The Bertz CT molecular complexity index is 203. The van der Waals surface area contributed by atoms with Crippen molar-refractivity contribution in [2.75, 3.05) is 13.3 Å². The highest BCUT2D eigenvalue weighted by atomic mass is 31.1. The molecule has 0 aromatic heterocycles. The lowest BCUT2D eigenvalue weighted by Crippen LogP contribution is -2.06. The number of hydrogen-bond donors (Lipinski definition) is 0. The molecule has 2 heteroatoms. The fourth-order valence-electron chi connectivity index (χ4n) is 0.772. The summed E-state index contributed by atoms with van der Waals surface area (Å²) in [4.78, 5) is 0. The zero-order valence-corrected chi connectivity index (χ0v) is 7.23. The molecule has 0 fully saturated rings. The van der Waals surface area contributed by atoms with E-state index in [2.05, 4.69) is 25.5 Å². The molecular formula is C8H10BP. The molecule has 1 aromatic carbocycles. The van der Waals surface area contributed by atoms with Gasteiger partial charge in [0.15, 0.2) is 0 Å². The fourth-order valence-corrected chi connectivity index (χ4v) is 1.52. The van der Waals surface area contributed by atoms with E-state index in [1.54, 1.807) is 0 Å². The van der Waals surface area contributed by atoms with Gasteiger partial charge in [-0.3, -0.25) is 0 Å². The van der Waals surface area contributed by atoms with Crippen molar-refractivity contribution in [3.8, 4) is 0 Å². The SMILES string of the molecule is [B]c1ccc(P(C)C)cc1. The monoisotopic (exact) mass is 148 g/mol. The first kappa shape index (κ1) is 7.82. The van der Waals surface area contributed by atoms with E-state index in [1.165, 1.54) is 5.30 Å². The van der Waals surface area contributed by atoms with Crippen molar-refractivity contribution in [2.45, 2.75) is 0 Å². The molecule has 0 N–H and O–H groups in total. The summed E-state index contributed by atoms with van der Waals surface area (Å²) >= 11 is 0. The maximum absolute atomic E-state index is 5.53. The minimum atomic E-state index is 0.0365. The third-order valence-corrected chi connectivity index (χ3v) is 2.74. The molecule has 0 spiro atoms. The molecule has 0 aliphatic carbocycles. The molecule has 0 unspecified atom stereocenters. The van der Waals surface area contributed by atoms with Crippen LogP contribution in [0.1, 0.15) is 0 Å². The highest BCUT2D eigenvalue weighted by molar-refractivity contribution is 7.64. The van der Waals surface area contributed by atoms with E-state index in [9.17, 15) is 0 Å². The van der Waals surface area contributed by atoms with Crippen molar-refractivity contribution in [3.05, 3.63) is 24.3 Å². The van der Waals surface area contributed by atoms with Gasteiger partial charge in [-0.25, -0.2) is 0 Å². The van der Waals surface area contributed by atoms with Crippen LogP contribution in [0.2, 0.25) is 0 Å². The summed E-state index contributed by atoms with van der Waals surface area (Å²) in [5.41, 5.74) is 0.848. The van der Waals surface area contributed by atoms with Gasteiger partial charge in [0.1, 0.15) is 7.85 Å². The van der Waals surface area contributed by atoms with Crippen molar-refractivity contribution in [2.24, 2.45) is 0 Å². The van der Waals surface area contributed by atoms with Gasteiger partial charge in [0.05, 0.1) is 0 Å². The van der Waals surface area contributed by atoms with Crippen LogP contribution in [0.15, 0.2) is 24.3 Å². The van der Waals surface area contributed by atoms with E-state index in [-0.39, 0.29) is 7.92 Å². The number of hydrogen-bond acceptors (Lipinski definition) is 0. The maximum atomic E-state index is 5.53. The molecule has 0 saturated heterocycles. The first-order chi connectivity index (χ1) is 4.70. The largest absolute Gasteiger partial charge is 0.113 e. The molecule has 0 bridgehead atoms. The van der Waals surface area contributed by atoms with Crippen molar-refractivity contribution in [1.29, 1.82) is 0 Å². The van der Waals surface area contributed by atoms with Gasteiger partial charge in [-0.1, -0.05) is 37.6 Å². The van der Waals surface area contributed by atoms with Crippen LogP contribution in [-0.4, -0.2) is 21.2 Å². The van der Waals surface area contributed by atoms with Crippen LogP contribution in [0.25, 0.3) is 0 Å². The van der Waals surface area contributed by atoms with Gasteiger partial charge in [-0.15, -0.1) is 0 Å². The second kappa shape index (κ2) is 3.21. The average molecular weight is 148 g/mol. The van der Waals surface area contributed by atoms with Gasteiger partial charge < -0.3 is 0 Å². The summed E-state index contributed by atoms with van der Waals surface area (Å²) < 4.78 is 0. The molecule has 0 aliphatic rings. The van der Waals surface area contributed by atoms with E-state index < -0.39 is 0 Å². The zero-order valence-electron chi connectivity index (χ0n) is 6.33. The molecule has 0 heterocycles. The van der Waals surface area contributed by atoms with Crippen LogP contribution in [0.5, 0.6) is 0 Å². The second-order valence-corrected chi connectivity index (χ2v) is 4.79. The van der Waals surface area contributed by atoms with Gasteiger partial charge in [0, 0.05) is 0 Å². The van der Waals surface area contributed by atoms with Crippen LogP contribution in [0.4, 0.5) is 0 Å². The molecule has 10 heavy (non-hydrogen) atoms. The van der Waals surface area contributed by atoms with E-state index >= 15 is 0 Å². The Kier molecular flexibility index (Phi) is 2.51. The standard InChI is InChI=1S/C8H10BP/c1-10(2)8-5-3-7(9)4-6-8/h3-6H,1-2H3. The van der Waals surface area contributed by atoms with E-state index in [0.29, 0.717) is 0 Å². The Morgan fingerprint density at radius 3 is 2.00 bits per heavy atom. The van der Waals surface area contributed by atoms with Crippen molar-refractivity contribution in [3.63, 3.8) is 0 Å². The Morgan fingerprint density at radius 2 is 1.60 bits per heavy atom. The average Bonchev–Trinajstić information content (AvgIpc) is 1.88. The van der Waals surface area contributed by atoms with Crippen LogP contribution < -0.4 is 10.8 Å². The molecule has 1 rings (SSSR count). The van der Waals surface area contributed by atoms with Gasteiger partial charge in [0.25, 0.3) is 0 Å². The Labute approximate surface area is 64.8 Å². The second-order valence-electron chi connectivity index (χ2n) is 2.49. The Morgan fingerprint density at radius 1 is 1.10 bits per heavy atom. The maximum Gasteiger partial charge on any atom is 0.113 e. The molecule has 0 amide bonds. The molecule has 0 aliphatic heterocycles. The molecular weight excluding hydrogens is 138 g/mol. The molecule has 0 saturated carbocycles. The van der Waals surface area contributed by atoms with E-state index in [4.69, 9.17) is 7.85 Å². The highest BCUT2D eigenvalue weighted by Crippen LogP contribution is 2.21. The van der Waals surface area contributed by atoms with Gasteiger partial charge in [0.2, 0.25) is 0 Å². The zero-order chi connectivity index (χ0) is 7.56. The number of benzene rings is 1. The fraction of sp³-hybridized carbons (Fsp3) is 0.250. The predicted octanol–water partition coefficient (Wildman–Crippen LogP) is 0.847. The molecule has 1 aromatic rings. The summed E-state index contributed by atoms with van der Waals surface area (Å²) in [5, 5.41) is 1.41. The normalized spacial score (nSPS) is 10.3. The smallest absolute Gasteiger partial charge is 0.0966 e. The van der Waals surface area contributed by atoms with Gasteiger partial charge in [-0.05, 0) is 18.6 Å². The number of rotatable bonds is 1. The molecule has 0 atom stereocenters. The minimum absolute atomic E-state index is 0.0365. The van der Waals surface area contributed by atoms with Gasteiger partial charge in [-0.2, -0.15) is 0 Å². The third kappa shape index (κ3) is 1.85. The first-order valence-corrected chi connectivity index (χ1v) is 5.46. The van der Waals surface area contributed by atoms with Crippen LogP contribution in [0.3, 0.4) is 0 Å². The lowest BCUT2D eigenvalue weighted by atomic mass is 9.97. The first-order valence-electron chi connectivity index (χ1n) is 3.23.